The Morgan fingerprint density at radius 1 is 1.03 bits per heavy atom. The van der Waals surface area contributed by atoms with Gasteiger partial charge in [0.15, 0.2) is 0 Å². The van der Waals surface area contributed by atoms with Gasteiger partial charge in [-0.3, -0.25) is 9.78 Å². The topological polar surface area (TPSA) is 85.8 Å². The van der Waals surface area contributed by atoms with Gasteiger partial charge < -0.3 is 9.47 Å². The molecule has 1 saturated heterocycles. The van der Waals surface area contributed by atoms with Crippen molar-refractivity contribution in [3.05, 3.63) is 83.7 Å². The van der Waals surface area contributed by atoms with Gasteiger partial charge in [0.05, 0.1) is 17.0 Å². The molecule has 7 nitrogen and oxygen atoms in total. The largest absolute Gasteiger partial charge is 0.460 e. The Kier molecular flexibility index (Phi) is 7.29. The number of benzene rings is 2. The van der Waals surface area contributed by atoms with Crippen molar-refractivity contribution < 1.29 is 22.7 Å². The van der Waals surface area contributed by atoms with Gasteiger partial charge in [0, 0.05) is 24.8 Å². The molecule has 0 atom stereocenters. The first-order chi connectivity index (χ1) is 16.3. The van der Waals surface area contributed by atoms with E-state index in [1.165, 1.54) is 4.31 Å². The van der Waals surface area contributed by atoms with Gasteiger partial charge in [-0.2, -0.15) is 4.31 Å². The number of sulfonamides is 1. The summed E-state index contributed by atoms with van der Waals surface area (Å²) in [7, 11) is -3.58. The second kappa shape index (κ2) is 10.4. The average Bonchev–Trinajstić information content (AvgIpc) is 2.85. The molecule has 178 valence electrons. The van der Waals surface area contributed by atoms with E-state index in [4.69, 9.17) is 9.47 Å². The van der Waals surface area contributed by atoms with Gasteiger partial charge in [0.25, 0.3) is 0 Å². The zero-order valence-corrected chi connectivity index (χ0v) is 20.1. The molecule has 1 fully saturated rings. The SMILES string of the molecule is Cc1ccc(S(=O)(=O)N2CCC(C(=O)OCc3ccccc3Oc3cccnc3)CC2)cc1C. The van der Waals surface area contributed by atoms with Crippen molar-refractivity contribution in [3.8, 4) is 11.5 Å². The van der Waals surface area contributed by atoms with Crippen LogP contribution in [0.5, 0.6) is 11.5 Å². The minimum absolute atomic E-state index is 0.0798. The molecule has 2 aromatic carbocycles. The van der Waals surface area contributed by atoms with Crippen LogP contribution in [0.15, 0.2) is 71.9 Å². The molecule has 4 rings (SSSR count). The lowest BCUT2D eigenvalue weighted by Crippen LogP contribution is -2.40. The average molecular weight is 481 g/mol. The van der Waals surface area contributed by atoms with Gasteiger partial charge in [-0.1, -0.05) is 24.3 Å². The van der Waals surface area contributed by atoms with E-state index in [0.717, 1.165) is 16.7 Å². The Morgan fingerprint density at radius 3 is 2.50 bits per heavy atom. The second-order valence-corrected chi connectivity index (χ2v) is 10.4. The molecule has 0 aliphatic carbocycles. The highest BCUT2D eigenvalue weighted by atomic mass is 32.2. The van der Waals surface area contributed by atoms with Crippen molar-refractivity contribution >= 4 is 16.0 Å². The smallest absolute Gasteiger partial charge is 0.309 e. The van der Waals surface area contributed by atoms with Crippen molar-refractivity contribution in [2.45, 2.75) is 38.2 Å². The Bertz CT molecular complexity index is 1250. The summed E-state index contributed by atoms with van der Waals surface area (Å²) in [4.78, 5) is 17.0. The lowest BCUT2D eigenvalue weighted by atomic mass is 9.98. The van der Waals surface area contributed by atoms with Crippen LogP contribution in [0, 0.1) is 19.8 Å². The summed E-state index contributed by atoms with van der Waals surface area (Å²) >= 11 is 0. The second-order valence-electron chi connectivity index (χ2n) is 8.43. The Hall–Kier alpha value is -3.23. The summed E-state index contributed by atoms with van der Waals surface area (Å²) in [6, 6.07) is 16.1. The third kappa shape index (κ3) is 5.46. The molecule has 0 radical (unpaired) electrons. The summed E-state index contributed by atoms with van der Waals surface area (Å²) in [6.45, 7) is 4.50. The number of piperidine rings is 1. The van der Waals surface area contributed by atoms with Gasteiger partial charge in [0.2, 0.25) is 10.0 Å². The maximum absolute atomic E-state index is 13.0. The summed E-state index contributed by atoms with van der Waals surface area (Å²) in [5, 5.41) is 0. The number of esters is 1. The molecular formula is C26H28N2O5S. The summed E-state index contributed by atoms with van der Waals surface area (Å²) in [5.74, 6) is 0.535. The summed E-state index contributed by atoms with van der Waals surface area (Å²) in [5.41, 5.74) is 2.73. The van der Waals surface area contributed by atoms with Gasteiger partial charge >= 0.3 is 5.97 Å². The number of rotatable bonds is 7. The van der Waals surface area contributed by atoms with Crippen LogP contribution in [0.2, 0.25) is 0 Å². The Morgan fingerprint density at radius 2 is 1.79 bits per heavy atom. The summed E-state index contributed by atoms with van der Waals surface area (Å²) in [6.07, 6.45) is 4.13. The van der Waals surface area contributed by atoms with E-state index in [-0.39, 0.29) is 31.6 Å². The third-order valence-corrected chi connectivity index (χ3v) is 8.00. The molecule has 0 bridgehead atoms. The van der Waals surface area contributed by atoms with E-state index in [0.29, 0.717) is 29.2 Å². The predicted molar refractivity (Wildman–Crippen MR) is 128 cm³/mol. The van der Waals surface area contributed by atoms with Crippen molar-refractivity contribution in [2.75, 3.05) is 13.1 Å². The van der Waals surface area contributed by atoms with E-state index in [1.54, 1.807) is 36.7 Å². The first kappa shape index (κ1) is 23.9. The third-order valence-electron chi connectivity index (χ3n) is 6.11. The molecule has 2 heterocycles. The molecule has 0 unspecified atom stereocenters. The molecule has 1 aliphatic rings. The van der Waals surface area contributed by atoms with E-state index < -0.39 is 10.0 Å². The van der Waals surface area contributed by atoms with Crippen molar-refractivity contribution in [3.63, 3.8) is 0 Å². The fraction of sp³-hybridized carbons (Fsp3) is 0.308. The highest BCUT2D eigenvalue weighted by Crippen LogP contribution is 2.28. The fourth-order valence-corrected chi connectivity index (χ4v) is 5.43. The Balaban J connectivity index is 1.34. The number of hydrogen-bond acceptors (Lipinski definition) is 6. The molecule has 8 heteroatoms. The molecule has 0 N–H and O–H groups in total. The molecule has 34 heavy (non-hydrogen) atoms. The molecule has 0 saturated carbocycles. The lowest BCUT2D eigenvalue weighted by Gasteiger charge is -2.30. The Labute approximate surface area is 200 Å². The minimum Gasteiger partial charge on any atom is -0.460 e. The number of para-hydroxylation sites is 1. The fourth-order valence-electron chi connectivity index (χ4n) is 3.88. The van der Waals surface area contributed by atoms with Gasteiger partial charge in [0.1, 0.15) is 18.1 Å². The lowest BCUT2D eigenvalue weighted by molar-refractivity contribution is -0.151. The van der Waals surface area contributed by atoms with Crippen LogP contribution in [-0.4, -0.2) is 36.8 Å². The standard InChI is InChI=1S/C26H28N2O5S/c1-19-9-10-24(16-20(19)2)34(30,31)28-14-11-21(12-15-28)26(29)32-18-22-6-3-4-8-25(22)33-23-7-5-13-27-17-23/h3-10,13,16-17,21H,11-12,14-15,18H2,1-2H3. The predicted octanol–water partition coefficient (Wildman–Crippen LogP) is 4.63. The van der Waals surface area contributed by atoms with Crippen LogP contribution in [0.3, 0.4) is 0 Å². The van der Waals surface area contributed by atoms with Crippen LogP contribution < -0.4 is 4.74 Å². The molecule has 1 aromatic heterocycles. The highest BCUT2D eigenvalue weighted by molar-refractivity contribution is 7.89. The number of aromatic nitrogens is 1. The van der Waals surface area contributed by atoms with Crippen LogP contribution >= 0.6 is 0 Å². The molecule has 1 aliphatic heterocycles. The van der Waals surface area contributed by atoms with E-state index in [1.807, 2.05) is 44.2 Å². The van der Waals surface area contributed by atoms with Crippen LogP contribution in [-0.2, 0) is 26.2 Å². The monoisotopic (exact) mass is 480 g/mol. The first-order valence-corrected chi connectivity index (χ1v) is 12.7. The first-order valence-electron chi connectivity index (χ1n) is 11.2. The zero-order chi connectivity index (χ0) is 24.1. The maximum Gasteiger partial charge on any atom is 0.309 e. The zero-order valence-electron chi connectivity index (χ0n) is 19.3. The van der Waals surface area contributed by atoms with Gasteiger partial charge in [-0.15, -0.1) is 0 Å². The number of nitrogens with zero attached hydrogens (tertiary/aromatic N) is 2. The van der Waals surface area contributed by atoms with Crippen molar-refractivity contribution in [1.82, 2.24) is 9.29 Å². The number of aryl methyl sites for hydroxylation is 2. The maximum atomic E-state index is 13.0. The van der Waals surface area contributed by atoms with E-state index >= 15 is 0 Å². The number of carbonyl (C=O) groups is 1. The summed E-state index contributed by atoms with van der Waals surface area (Å²) < 4.78 is 38.9. The van der Waals surface area contributed by atoms with Gasteiger partial charge in [-0.25, -0.2) is 8.42 Å². The van der Waals surface area contributed by atoms with Crippen molar-refractivity contribution in [1.29, 1.82) is 0 Å². The minimum atomic E-state index is -3.58. The van der Waals surface area contributed by atoms with Crippen LogP contribution in [0.1, 0.15) is 29.5 Å². The molecule has 3 aromatic rings. The van der Waals surface area contributed by atoms with Crippen molar-refractivity contribution in [2.24, 2.45) is 5.92 Å². The van der Waals surface area contributed by atoms with E-state index in [9.17, 15) is 13.2 Å². The quantitative estimate of drug-likeness (QED) is 0.458. The normalized spacial score (nSPS) is 15.1. The highest BCUT2D eigenvalue weighted by Gasteiger charge is 2.33. The van der Waals surface area contributed by atoms with Crippen LogP contribution in [0.4, 0.5) is 0 Å². The van der Waals surface area contributed by atoms with Gasteiger partial charge in [-0.05, 0) is 68.1 Å². The molecule has 0 amide bonds. The molecule has 0 spiro atoms. The number of hydrogen-bond donors (Lipinski definition) is 0. The number of carbonyl (C=O) groups excluding carboxylic acids is 1. The van der Waals surface area contributed by atoms with Crippen LogP contribution in [0.25, 0.3) is 0 Å². The number of pyridine rings is 1. The number of ether oxygens (including phenoxy) is 2. The van der Waals surface area contributed by atoms with E-state index in [2.05, 4.69) is 4.98 Å². The molecular weight excluding hydrogens is 452 g/mol.